The van der Waals surface area contributed by atoms with Crippen LogP contribution in [0.5, 0.6) is 5.75 Å². The highest BCUT2D eigenvalue weighted by Gasteiger charge is 2.16. The zero-order valence-electron chi connectivity index (χ0n) is 13.6. The van der Waals surface area contributed by atoms with Crippen LogP contribution in [0.15, 0.2) is 24.3 Å². The number of aliphatic hydroxyl groups excluding tert-OH is 1. The van der Waals surface area contributed by atoms with Crippen LogP contribution in [0, 0.1) is 0 Å². The van der Waals surface area contributed by atoms with Gasteiger partial charge in [-0.2, -0.15) is 0 Å². The molecular weight excluding hydrogens is 262 g/mol. The molecule has 0 spiro atoms. The van der Waals surface area contributed by atoms with E-state index in [0.29, 0.717) is 6.61 Å². The Morgan fingerprint density at radius 1 is 1.10 bits per heavy atom. The van der Waals surface area contributed by atoms with Crippen LogP contribution >= 0.6 is 0 Å². The molecule has 2 rings (SSSR count). The molecule has 0 aromatic heterocycles. The minimum absolute atomic E-state index is 0.159. The van der Waals surface area contributed by atoms with E-state index in [2.05, 4.69) is 37.8 Å². The summed E-state index contributed by atoms with van der Waals surface area (Å²) in [6, 6.07) is 8.20. The summed E-state index contributed by atoms with van der Waals surface area (Å²) >= 11 is 0. The zero-order chi connectivity index (χ0) is 15.3. The van der Waals surface area contributed by atoms with Crippen molar-refractivity contribution >= 4 is 0 Å². The molecule has 0 aliphatic carbocycles. The molecule has 1 atom stereocenters. The van der Waals surface area contributed by atoms with Gasteiger partial charge >= 0.3 is 0 Å². The summed E-state index contributed by atoms with van der Waals surface area (Å²) in [6.45, 7) is 9.90. The van der Waals surface area contributed by atoms with Crippen molar-refractivity contribution in [1.82, 2.24) is 4.90 Å². The summed E-state index contributed by atoms with van der Waals surface area (Å²) < 4.78 is 5.70. The summed E-state index contributed by atoms with van der Waals surface area (Å²) in [5.74, 6) is 0.834. The van der Waals surface area contributed by atoms with Gasteiger partial charge in [0.1, 0.15) is 18.5 Å². The number of rotatable bonds is 5. The summed E-state index contributed by atoms with van der Waals surface area (Å²) in [6.07, 6.45) is 3.41. The fraction of sp³-hybridized carbons (Fsp3) is 0.667. The highest BCUT2D eigenvalue weighted by molar-refractivity contribution is 5.31. The van der Waals surface area contributed by atoms with E-state index < -0.39 is 6.10 Å². The van der Waals surface area contributed by atoms with E-state index in [9.17, 15) is 5.11 Å². The summed E-state index contributed by atoms with van der Waals surface area (Å²) in [4.78, 5) is 2.33. The Kier molecular flexibility index (Phi) is 5.65. The second-order valence-corrected chi connectivity index (χ2v) is 7.10. The molecule has 0 unspecified atom stereocenters. The smallest absolute Gasteiger partial charge is 0.119 e. The number of nitrogens with zero attached hydrogens (tertiary/aromatic N) is 1. The molecule has 21 heavy (non-hydrogen) atoms. The van der Waals surface area contributed by atoms with E-state index in [1.807, 2.05) is 12.1 Å². The van der Waals surface area contributed by atoms with Crippen molar-refractivity contribution in [3.63, 3.8) is 0 Å². The number of piperidine rings is 1. The van der Waals surface area contributed by atoms with Crippen molar-refractivity contribution in [2.45, 2.75) is 51.6 Å². The van der Waals surface area contributed by atoms with Crippen molar-refractivity contribution in [3.8, 4) is 5.75 Å². The van der Waals surface area contributed by atoms with Gasteiger partial charge in [0.15, 0.2) is 0 Å². The number of likely N-dealkylation sites (tertiary alicyclic amines) is 1. The number of aliphatic hydroxyl groups is 1. The second kappa shape index (κ2) is 7.28. The molecule has 3 heteroatoms. The van der Waals surface area contributed by atoms with Gasteiger partial charge in [-0.1, -0.05) is 39.3 Å². The van der Waals surface area contributed by atoms with Gasteiger partial charge in [0.2, 0.25) is 0 Å². The Bertz CT molecular complexity index is 416. The lowest BCUT2D eigenvalue weighted by molar-refractivity contribution is 0.0617. The minimum atomic E-state index is -0.412. The van der Waals surface area contributed by atoms with Crippen LogP contribution in [0.4, 0.5) is 0 Å². The number of ether oxygens (including phenoxy) is 1. The monoisotopic (exact) mass is 291 g/mol. The molecule has 3 nitrogen and oxygen atoms in total. The first-order valence-corrected chi connectivity index (χ1v) is 8.09. The summed E-state index contributed by atoms with van der Waals surface area (Å²) in [5, 5.41) is 10.1. The lowest BCUT2D eigenvalue weighted by Crippen LogP contribution is -2.38. The Labute approximate surface area is 128 Å². The molecule has 0 amide bonds. The number of hydrogen-bond acceptors (Lipinski definition) is 3. The van der Waals surface area contributed by atoms with Crippen LogP contribution < -0.4 is 4.74 Å². The molecule has 0 bridgehead atoms. The molecule has 1 aromatic rings. The molecule has 1 aliphatic rings. The Morgan fingerprint density at radius 2 is 1.71 bits per heavy atom. The third-order valence-electron chi connectivity index (χ3n) is 4.08. The molecule has 0 radical (unpaired) electrons. The number of hydrogen-bond donors (Lipinski definition) is 1. The average Bonchev–Trinajstić information content (AvgIpc) is 2.46. The quantitative estimate of drug-likeness (QED) is 0.904. The third-order valence-corrected chi connectivity index (χ3v) is 4.08. The van der Waals surface area contributed by atoms with Crippen LogP contribution in [0.2, 0.25) is 0 Å². The predicted octanol–water partition coefficient (Wildman–Crippen LogP) is 3.21. The van der Waals surface area contributed by atoms with Gasteiger partial charge in [-0.05, 0) is 49.0 Å². The molecular formula is C18H29NO2. The van der Waals surface area contributed by atoms with E-state index in [0.717, 1.165) is 25.4 Å². The first-order valence-electron chi connectivity index (χ1n) is 8.09. The van der Waals surface area contributed by atoms with Gasteiger partial charge in [0.25, 0.3) is 0 Å². The maximum absolute atomic E-state index is 10.1. The van der Waals surface area contributed by atoms with Crippen LogP contribution in [0.3, 0.4) is 0 Å². The zero-order valence-corrected chi connectivity index (χ0v) is 13.6. The molecule has 0 saturated carbocycles. The third kappa shape index (κ3) is 5.33. The van der Waals surface area contributed by atoms with E-state index in [1.165, 1.54) is 24.8 Å². The number of benzene rings is 1. The van der Waals surface area contributed by atoms with Gasteiger partial charge < -0.3 is 14.7 Å². The standard InChI is InChI=1S/C18H29NO2/c1-18(2,3)15-7-9-17(10-8-15)21-14-16(20)13-19-11-5-4-6-12-19/h7-10,16,20H,4-6,11-14H2,1-3H3/t16-/m0/s1. The van der Waals surface area contributed by atoms with E-state index in [4.69, 9.17) is 4.74 Å². The highest BCUT2D eigenvalue weighted by atomic mass is 16.5. The molecule has 118 valence electrons. The van der Waals surface area contributed by atoms with Crippen molar-refractivity contribution < 1.29 is 9.84 Å². The molecule has 1 heterocycles. The topological polar surface area (TPSA) is 32.7 Å². The normalized spacial score (nSPS) is 18.5. The van der Waals surface area contributed by atoms with E-state index in [-0.39, 0.29) is 5.41 Å². The van der Waals surface area contributed by atoms with Crippen molar-refractivity contribution in [3.05, 3.63) is 29.8 Å². The number of β-amino-alcohol motifs (C(OH)–C–C–N with tert-alkyl or cyclic N) is 1. The predicted molar refractivity (Wildman–Crippen MR) is 86.9 cm³/mol. The van der Waals surface area contributed by atoms with Crippen LogP contribution in [0.25, 0.3) is 0 Å². The summed E-state index contributed by atoms with van der Waals surface area (Å²) in [7, 11) is 0. The fourth-order valence-electron chi connectivity index (χ4n) is 2.74. The molecule has 1 N–H and O–H groups in total. The molecule has 1 aliphatic heterocycles. The maximum Gasteiger partial charge on any atom is 0.119 e. The SMILES string of the molecule is CC(C)(C)c1ccc(OC[C@@H](O)CN2CCCCC2)cc1. The highest BCUT2D eigenvalue weighted by Crippen LogP contribution is 2.24. The van der Waals surface area contributed by atoms with Gasteiger partial charge in [-0.3, -0.25) is 0 Å². The minimum Gasteiger partial charge on any atom is -0.491 e. The van der Waals surface area contributed by atoms with Gasteiger partial charge in [-0.25, -0.2) is 0 Å². The Balaban J connectivity index is 1.76. The van der Waals surface area contributed by atoms with E-state index >= 15 is 0 Å². The lowest BCUT2D eigenvalue weighted by Gasteiger charge is -2.28. The molecule has 1 fully saturated rings. The van der Waals surface area contributed by atoms with Crippen molar-refractivity contribution in [2.75, 3.05) is 26.2 Å². The molecule has 1 aromatic carbocycles. The molecule has 1 saturated heterocycles. The first-order chi connectivity index (χ1) is 9.95. The van der Waals surface area contributed by atoms with Crippen molar-refractivity contribution in [1.29, 1.82) is 0 Å². The second-order valence-electron chi connectivity index (χ2n) is 7.10. The first kappa shape index (κ1) is 16.3. The Morgan fingerprint density at radius 3 is 2.29 bits per heavy atom. The van der Waals surface area contributed by atoms with Crippen molar-refractivity contribution in [2.24, 2.45) is 0 Å². The van der Waals surface area contributed by atoms with Crippen LogP contribution in [-0.4, -0.2) is 42.4 Å². The fourth-order valence-corrected chi connectivity index (χ4v) is 2.74. The van der Waals surface area contributed by atoms with E-state index in [1.54, 1.807) is 0 Å². The largest absolute Gasteiger partial charge is 0.491 e. The summed E-state index contributed by atoms with van der Waals surface area (Å²) in [5.41, 5.74) is 1.45. The maximum atomic E-state index is 10.1. The van der Waals surface area contributed by atoms with Gasteiger partial charge in [0.05, 0.1) is 0 Å². The Hall–Kier alpha value is -1.06. The van der Waals surface area contributed by atoms with Gasteiger partial charge in [0, 0.05) is 6.54 Å². The van der Waals surface area contributed by atoms with Gasteiger partial charge in [-0.15, -0.1) is 0 Å². The van der Waals surface area contributed by atoms with Crippen LogP contribution in [-0.2, 0) is 5.41 Å². The average molecular weight is 291 g/mol. The lowest BCUT2D eigenvalue weighted by atomic mass is 9.87. The van der Waals surface area contributed by atoms with Crippen LogP contribution in [0.1, 0.15) is 45.6 Å².